The number of piperidine rings is 1. The van der Waals surface area contributed by atoms with Crippen LogP contribution in [0.2, 0.25) is 5.02 Å². The van der Waals surface area contributed by atoms with Crippen LogP contribution in [0.3, 0.4) is 0 Å². The molecule has 2 aromatic rings. The number of nitrogens with one attached hydrogen (secondary N) is 1. The lowest BCUT2D eigenvalue weighted by molar-refractivity contribution is -0.116. The Hall–Kier alpha value is -2.04. The van der Waals surface area contributed by atoms with E-state index in [-0.39, 0.29) is 5.91 Å². The first kappa shape index (κ1) is 18.7. The second-order valence-electron chi connectivity index (χ2n) is 6.67. The molecule has 26 heavy (non-hydrogen) atoms. The van der Waals surface area contributed by atoms with Crippen molar-refractivity contribution >= 4 is 28.9 Å². The third kappa shape index (κ3) is 5.23. The molecule has 0 saturated carbocycles. The van der Waals surface area contributed by atoms with Gasteiger partial charge in [0.15, 0.2) is 0 Å². The smallest absolute Gasteiger partial charge is 0.224 e. The molecular formula is C21H25ClN2O2. The molecule has 0 aromatic heterocycles. The first-order valence-corrected chi connectivity index (χ1v) is 9.44. The summed E-state index contributed by atoms with van der Waals surface area (Å²) in [5.41, 5.74) is 3.06. The van der Waals surface area contributed by atoms with Crippen molar-refractivity contribution in [3.05, 3.63) is 59.1 Å². The molecule has 138 valence electrons. The number of carbonyl (C=O) groups is 1. The van der Waals surface area contributed by atoms with E-state index in [1.807, 2.05) is 36.4 Å². The zero-order valence-corrected chi connectivity index (χ0v) is 15.8. The SMILES string of the molecule is COC1CCCN(c2ccc(NC(=O)CCc3cccc(Cl)c3)cc2)C1. The molecule has 1 aliphatic rings. The van der Waals surface area contributed by atoms with Crippen LogP contribution in [0, 0.1) is 0 Å². The minimum atomic E-state index is 0.00939. The number of hydrogen-bond acceptors (Lipinski definition) is 3. The van der Waals surface area contributed by atoms with Gasteiger partial charge in [0.05, 0.1) is 6.10 Å². The van der Waals surface area contributed by atoms with Gasteiger partial charge >= 0.3 is 0 Å². The Labute approximate surface area is 160 Å². The number of carbonyl (C=O) groups excluding carboxylic acids is 1. The molecule has 1 saturated heterocycles. The van der Waals surface area contributed by atoms with E-state index < -0.39 is 0 Å². The van der Waals surface area contributed by atoms with Gasteiger partial charge in [-0.2, -0.15) is 0 Å². The molecule has 1 heterocycles. The molecular weight excluding hydrogens is 348 g/mol. The maximum atomic E-state index is 12.2. The highest BCUT2D eigenvalue weighted by Crippen LogP contribution is 2.23. The lowest BCUT2D eigenvalue weighted by Gasteiger charge is -2.33. The van der Waals surface area contributed by atoms with Gasteiger partial charge in [-0.25, -0.2) is 0 Å². The second kappa shape index (κ2) is 9.06. The quantitative estimate of drug-likeness (QED) is 0.810. The summed E-state index contributed by atoms with van der Waals surface area (Å²) >= 11 is 5.97. The normalized spacial score (nSPS) is 17.2. The van der Waals surface area contributed by atoms with Crippen LogP contribution < -0.4 is 10.2 Å². The van der Waals surface area contributed by atoms with Gasteiger partial charge in [-0.3, -0.25) is 4.79 Å². The van der Waals surface area contributed by atoms with Crippen molar-refractivity contribution in [3.63, 3.8) is 0 Å². The molecule has 1 atom stereocenters. The van der Waals surface area contributed by atoms with Crippen LogP contribution in [0.5, 0.6) is 0 Å². The standard InChI is InChI=1S/C21H25ClN2O2/c1-26-20-6-3-13-24(15-20)19-10-8-18(9-11-19)23-21(25)12-7-16-4-2-5-17(22)14-16/h2,4-5,8-11,14,20H,3,6-7,12-13,15H2,1H3,(H,23,25). The fraction of sp³-hybridized carbons (Fsp3) is 0.381. The Morgan fingerprint density at radius 2 is 2.08 bits per heavy atom. The van der Waals surface area contributed by atoms with Crippen molar-refractivity contribution in [2.24, 2.45) is 0 Å². The Kier molecular flexibility index (Phi) is 6.53. The molecule has 1 amide bonds. The van der Waals surface area contributed by atoms with E-state index in [4.69, 9.17) is 16.3 Å². The minimum absolute atomic E-state index is 0.00939. The largest absolute Gasteiger partial charge is 0.380 e. The van der Waals surface area contributed by atoms with Crippen molar-refractivity contribution in [2.45, 2.75) is 31.8 Å². The molecule has 0 aliphatic carbocycles. The number of amides is 1. The third-order valence-corrected chi connectivity index (χ3v) is 4.99. The van der Waals surface area contributed by atoms with E-state index in [0.717, 1.165) is 37.2 Å². The van der Waals surface area contributed by atoms with Gasteiger partial charge in [-0.1, -0.05) is 23.7 Å². The number of aryl methyl sites for hydroxylation is 1. The van der Waals surface area contributed by atoms with Gasteiger partial charge < -0.3 is 15.0 Å². The predicted octanol–water partition coefficient (Wildman–Crippen LogP) is 4.53. The lowest BCUT2D eigenvalue weighted by atomic mass is 10.1. The number of nitrogens with zero attached hydrogens (tertiary/aromatic N) is 1. The molecule has 0 spiro atoms. The highest BCUT2D eigenvalue weighted by molar-refractivity contribution is 6.30. The number of methoxy groups -OCH3 is 1. The Bertz CT molecular complexity index is 733. The highest BCUT2D eigenvalue weighted by Gasteiger charge is 2.19. The van der Waals surface area contributed by atoms with Gasteiger partial charge in [-0.15, -0.1) is 0 Å². The summed E-state index contributed by atoms with van der Waals surface area (Å²) in [6, 6.07) is 15.7. The Morgan fingerprint density at radius 3 is 2.81 bits per heavy atom. The zero-order chi connectivity index (χ0) is 18.4. The first-order valence-electron chi connectivity index (χ1n) is 9.06. The number of rotatable bonds is 6. The minimum Gasteiger partial charge on any atom is -0.380 e. The van der Waals surface area contributed by atoms with Gasteiger partial charge in [0.25, 0.3) is 0 Å². The number of benzene rings is 2. The fourth-order valence-corrected chi connectivity index (χ4v) is 3.51. The summed E-state index contributed by atoms with van der Waals surface area (Å²) in [4.78, 5) is 14.5. The topological polar surface area (TPSA) is 41.6 Å². The van der Waals surface area contributed by atoms with E-state index in [1.54, 1.807) is 7.11 Å². The van der Waals surface area contributed by atoms with E-state index in [0.29, 0.717) is 24.0 Å². The third-order valence-electron chi connectivity index (χ3n) is 4.76. The maximum absolute atomic E-state index is 12.2. The van der Waals surface area contributed by atoms with E-state index in [9.17, 15) is 4.79 Å². The average molecular weight is 373 g/mol. The highest BCUT2D eigenvalue weighted by atomic mass is 35.5. The van der Waals surface area contributed by atoms with Crippen LogP contribution in [-0.2, 0) is 16.0 Å². The van der Waals surface area contributed by atoms with Crippen LogP contribution in [0.15, 0.2) is 48.5 Å². The monoisotopic (exact) mass is 372 g/mol. The molecule has 3 rings (SSSR count). The first-order chi connectivity index (χ1) is 12.6. The van der Waals surface area contributed by atoms with Crippen LogP contribution in [-0.4, -0.2) is 32.2 Å². The van der Waals surface area contributed by atoms with Crippen molar-refractivity contribution in [2.75, 3.05) is 30.4 Å². The van der Waals surface area contributed by atoms with Crippen molar-refractivity contribution in [1.82, 2.24) is 0 Å². The van der Waals surface area contributed by atoms with Gasteiger partial charge in [-0.05, 0) is 61.2 Å². The van der Waals surface area contributed by atoms with Crippen molar-refractivity contribution in [1.29, 1.82) is 0 Å². The summed E-state index contributed by atoms with van der Waals surface area (Å²) in [6.07, 6.45) is 3.67. The zero-order valence-electron chi connectivity index (χ0n) is 15.1. The number of anilines is 2. The van der Waals surface area contributed by atoms with Crippen LogP contribution in [0.1, 0.15) is 24.8 Å². The molecule has 4 nitrogen and oxygen atoms in total. The van der Waals surface area contributed by atoms with Gasteiger partial charge in [0, 0.05) is 43.0 Å². The molecule has 0 radical (unpaired) electrons. The molecule has 5 heteroatoms. The second-order valence-corrected chi connectivity index (χ2v) is 7.11. The van der Waals surface area contributed by atoms with E-state index in [1.165, 1.54) is 5.69 Å². The van der Waals surface area contributed by atoms with Gasteiger partial charge in [0.1, 0.15) is 0 Å². The summed E-state index contributed by atoms with van der Waals surface area (Å²) in [5.74, 6) is 0.00939. The number of ether oxygens (including phenoxy) is 1. The average Bonchev–Trinajstić information content (AvgIpc) is 2.67. The molecule has 1 unspecified atom stereocenters. The predicted molar refractivity (Wildman–Crippen MR) is 107 cm³/mol. The van der Waals surface area contributed by atoms with E-state index in [2.05, 4.69) is 22.3 Å². The fourth-order valence-electron chi connectivity index (χ4n) is 3.29. The molecule has 0 bridgehead atoms. The molecule has 1 fully saturated rings. The summed E-state index contributed by atoms with van der Waals surface area (Å²) in [7, 11) is 1.77. The Balaban J connectivity index is 1.51. The van der Waals surface area contributed by atoms with E-state index >= 15 is 0 Å². The molecule has 1 aliphatic heterocycles. The number of hydrogen-bond donors (Lipinski definition) is 1. The summed E-state index contributed by atoms with van der Waals surface area (Å²) < 4.78 is 5.48. The van der Waals surface area contributed by atoms with Crippen molar-refractivity contribution < 1.29 is 9.53 Å². The maximum Gasteiger partial charge on any atom is 0.224 e. The summed E-state index contributed by atoms with van der Waals surface area (Å²) in [5, 5.41) is 3.66. The van der Waals surface area contributed by atoms with Crippen LogP contribution in [0.4, 0.5) is 11.4 Å². The number of halogens is 1. The lowest BCUT2D eigenvalue weighted by Crippen LogP contribution is -2.39. The molecule has 2 aromatic carbocycles. The van der Waals surface area contributed by atoms with Crippen molar-refractivity contribution in [3.8, 4) is 0 Å². The summed E-state index contributed by atoms with van der Waals surface area (Å²) in [6.45, 7) is 1.97. The Morgan fingerprint density at radius 1 is 1.27 bits per heavy atom. The van der Waals surface area contributed by atoms with Gasteiger partial charge in [0.2, 0.25) is 5.91 Å². The van der Waals surface area contributed by atoms with Crippen LogP contribution in [0.25, 0.3) is 0 Å². The molecule has 1 N–H and O–H groups in total. The van der Waals surface area contributed by atoms with Crippen LogP contribution >= 0.6 is 11.6 Å².